The highest BCUT2D eigenvalue weighted by atomic mass is 32.2. The Morgan fingerprint density at radius 3 is 2.63 bits per heavy atom. The molecule has 1 N–H and O–H groups in total. The predicted octanol–water partition coefficient (Wildman–Crippen LogP) is 3.33. The minimum absolute atomic E-state index is 0.0136. The molecular formula is C16H12F3N3O4S. The van der Waals surface area contributed by atoms with Gasteiger partial charge < -0.3 is 8.94 Å². The highest BCUT2D eigenvalue weighted by Crippen LogP contribution is 2.27. The third kappa shape index (κ3) is 4.83. The van der Waals surface area contributed by atoms with Crippen LogP contribution >= 0.6 is 0 Å². The third-order valence-corrected chi connectivity index (χ3v) is 4.69. The Labute approximate surface area is 151 Å². The molecule has 3 rings (SSSR count). The van der Waals surface area contributed by atoms with E-state index in [4.69, 9.17) is 4.42 Å². The second-order valence-corrected chi connectivity index (χ2v) is 7.03. The number of halogens is 3. The number of rotatable bonds is 6. The second-order valence-electron chi connectivity index (χ2n) is 5.27. The molecule has 0 aliphatic carbocycles. The van der Waals surface area contributed by atoms with Crippen molar-refractivity contribution < 1.29 is 30.5 Å². The molecule has 0 amide bonds. The molecule has 3 aromatic rings. The lowest BCUT2D eigenvalue weighted by atomic mass is 10.2. The Morgan fingerprint density at radius 1 is 1.15 bits per heavy atom. The lowest BCUT2D eigenvalue weighted by molar-refractivity contribution is -0.159. The smallest absolute Gasteiger partial charge is 0.468 e. The Kier molecular flexibility index (Phi) is 5.15. The summed E-state index contributed by atoms with van der Waals surface area (Å²) < 4.78 is 73.5. The van der Waals surface area contributed by atoms with Gasteiger partial charge in [0.1, 0.15) is 5.76 Å². The first kappa shape index (κ1) is 18.9. The van der Waals surface area contributed by atoms with E-state index in [0.29, 0.717) is 11.3 Å². The summed E-state index contributed by atoms with van der Waals surface area (Å²) in [5.74, 6) is -1.29. The van der Waals surface area contributed by atoms with Gasteiger partial charge in [0.25, 0.3) is 0 Å². The van der Waals surface area contributed by atoms with E-state index < -0.39 is 22.1 Å². The predicted molar refractivity (Wildman–Crippen MR) is 87.4 cm³/mol. The zero-order chi connectivity index (χ0) is 19.5. The van der Waals surface area contributed by atoms with Crippen LogP contribution in [0.3, 0.4) is 0 Å². The number of hydrogen-bond acceptors (Lipinski definition) is 6. The van der Waals surface area contributed by atoms with Crippen LogP contribution in [0.2, 0.25) is 0 Å². The van der Waals surface area contributed by atoms with E-state index in [-0.39, 0.29) is 17.3 Å². The first-order chi connectivity index (χ1) is 12.7. The molecule has 0 bridgehead atoms. The van der Waals surface area contributed by atoms with E-state index in [2.05, 4.69) is 19.4 Å². The molecule has 2 aromatic heterocycles. The van der Waals surface area contributed by atoms with Gasteiger partial charge in [0.15, 0.2) is 5.82 Å². The van der Waals surface area contributed by atoms with Crippen LogP contribution in [0, 0.1) is 0 Å². The van der Waals surface area contributed by atoms with Crippen molar-refractivity contribution in [3.63, 3.8) is 0 Å². The summed E-state index contributed by atoms with van der Waals surface area (Å²) in [6, 6.07) is 9.08. The molecule has 1 aromatic carbocycles. The van der Waals surface area contributed by atoms with Crippen LogP contribution < -0.4 is 4.72 Å². The maximum Gasteiger partial charge on any atom is 0.471 e. The lowest BCUT2D eigenvalue weighted by Crippen LogP contribution is -2.23. The van der Waals surface area contributed by atoms with Crippen molar-refractivity contribution in [1.29, 1.82) is 0 Å². The lowest BCUT2D eigenvalue weighted by Gasteiger charge is -2.06. The van der Waals surface area contributed by atoms with Gasteiger partial charge in [-0.25, -0.2) is 13.1 Å². The van der Waals surface area contributed by atoms with E-state index in [0.717, 1.165) is 0 Å². The van der Waals surface area contributed by atoms with Crippen LogP contribution in [-0.2, 0) is 22.7 Å². The number of nitrogens with zero attached hydrogens (tertiary/aromatic N) is 2. The minimum atomic E-state index is -4.73. The summed E-state index contributed by atoms with van der Waals surface area (Å²) >= 11 is 0. The molecule has 0 aliphatic heterocycles. The van der Waals surface area contributed by atoms with Gasteiger partial charge in [-0.15, -0.1) is 0 Å². The van der Waals surface area contributed by atoms with Crippen molar-refractivity contribution in [3.8, 4) is 0 Å². The van der Waals surface area contributed by atoms with E-state index in [1.807, 2.05) is 0 Å². The van der Waals surface area contributed by atoms with E-state index >= 15 is 0 Å². The van der Waals surface area contributed by atoms with Crippen molar-refractivity contribution in [2.24, 2.45) is 0 Å². The van der Waals surface area contributed by atoms with Gasteiger partial charge in [0, 0.05) is 0 Å². The highest BCUT2D eigenvalue weighted by molar-refractivity contribution is 7.89. The van der Waals surface area contributed by atoms with Gasteiger partial charge in [-0.1, -0.05) is 23.4 Å². The normalized spacial score (nSPS) is 12.7. The van der Waals surface area contributed by atoms with Gasteiger partial charge in [-0.05, 0) is 35.9 Å². The van der Waals surface area contributed by atoms with Crippen molar-refractivity contribution in [1.82, 2.24) is 14.9 Å². The van der Waals surface area contributed by atoms with Crippen LogP contribution in [0.15, 0.2) is 56.5 Å². The standard InChI is InChI=1S/C16H12F3N3O4S/c17-16(18,19)15-21-14(22-26-15)7-6-11-3-1-5-13(9-11)27(23,24)20-10-12-4-2-8-25-12/h1-9,20H,10H2. The fraction of sp³-hybridized carbons (Fsp3) is 0.125. The number of aromatic nitrogens is 2. The molecule has 142 valence electrons. The van der Waals surface area contributed by atoms with Crippen LogP contribution in [-0.4, -0.2) is 18.6 Å². The number of hydrogen-bond donors (Lipinski definition) is 1. The van der Waals surface area contributed by atoms with E-state index in [1.165, 1.54) is 36.6 Å². The second kappa shape index (κ2) is 7.37. The van der Waals surface area contributed by atoms with Crippen molar-refractivity contribution >= 4 is 22.2 Å². The molecule has 0 unspecified atom stereocenters. The zero-order valence-electron chi connectivity index (χ0n) is 13.5. The first-order valence-corrected chi connectivity index (χ1v) is 8.93. The van der Waals surface area contributed by atoms with Gasteiger partial charge >= 0.3 is 12.1 Å². The molecule has 0 atom stereocenters. The quantitative estimate of drug-likeness (QED) is 0.683. The van der Waals surface area contributed by atoms with Crippen LogP contribution in [0.25, 0.3) is 12.2 Å². The summed E-state index contributed by atoms with van der Waals surface area (Å²) in [5, 5.41) is 3.19. The average molecular weight is 399 g/mol. The Morgan fingerprint density at radius 2 is 1.96 bits per heavy atom. The van der Waals surface area contributed by atoms with Crippen LogP contribution in [0.5, 0.6) is 0 Å². The maximum atomic E-state index is 12.4. The van der Waals surface area contributed by atoms with Crippen molar-refractivity contribution in [2.45, 2.75) is 17.6 Å². The number of sulfonamides is 1. The van der Waals surface area contributed by atoms with Gasteiger partial charge in [0.2, 0.25) is 10.0 Å². The molecule has 0 aliphatic rings. The Bertz CT molecular complexity index is 1040. The van der Waals surface area contributed by atoms with Gasteiger partial charge in [0.05, 0.1) is 17.7 Å². The third-order valence-electron chi connectivity index (χ3n) is 3.29. The Hall–Kier alpha value is -2.92. The molecule has 0 fully saturated rings. The van der Waals surface area contributed by atoms with Crippen molar-refractivity contribution in [3.05, 3.63) is 65.7 Å². The topological polar surface area (TPSA) is 98.2 Å². The molecule has 27 heavy (non-hydrogen) atoms. The molecule has 0 spiro atoms. The molecule has 0 saturated heterocycles. The van der Waals surface area contributed by atoms with Crippen LogP contribution in [0.4, 0.5) is 13.2 Å². The van der Waals surface area contributed by atoms with Crippen LogP contribution in [0.1, 0.15) is 23.0 Å². The average Bonchev–Trinajstić information content (AvgIpc) is 3.30. The fourth-order valence-electron chi connectivity index (χ4n) is 2.04. The summed E-state index contributed by atoms with van der Waals surface area (Å²) in [5.41, 5.74) is 0.425. The van der Waals surface area contributed by atoms with E-state index in [9.17, 15) is 21.6 Å². The minimum Gasteiger partial charge on any atom is -0.468 e. The largest absolute Gasteiger partial charge is 0.471 e. The number of nitrogens with one attached hydrogen (secondary N) is 1. The van der Waals surface area contributed by atoms with Crippen molar-refractivity contribution in [2.75, 3.05) is 0 Å². The zero-order valence-corrected chi connectivity index (χ0v) is 14.3. The van der Waals surface area contributed by atoms with E-state index in [1.54, 1.807) is 18.2 Å². The highest BCUT2D eigenvalue weighted by Gasteiger charge is 2.38. The maximum absolute atomic E-state index is 12.4. The molecule has 11 heteroatoms. The number of benzene rings is 1. The molecule has 0 radical (unpaired) electrons. The Balaban J connectivity index is 1.74. The molecule has 7 nitrogen and oxygen atoms in total. The summed E-state index contributed by atoms with van der Waals surface area (Å²) in [4.78, 5) is 3.18. The van der Waals surface area contributed by atoms with Gasteiger partial charge in [-0.2, -0.15) is 18.2 Å². The summed E-state index contributed by atoms with van der Waals surface area (Å²) in [7, 11) is -3.80. The summed E-state index contributed by atoms with van der Waals surface area (Å²) in [6.07, 6.45) is -0.749. The monoisotopic (exact) mass is 399 g/mol. The SMILES string of the molecule is O=S(=O)(NCc1ccco1)c1cccc(C=Cc2noc(C(F)(F)F)n2)c1. The molecule has 2 heterocycles. The first-order valence-electron chi connectivity index (χ1n) is 7.45. The molecular weight excluding hydrogens is 387 g/mol. The number of furan rings is 1. The summed E-state index contributed by atoms with van der Waals surface area (Å²) in [6.45, 7) is -0.0154. The molecule has 0 saturated carbocycles. The van der Waals surface area contributed by atoms with Gasteiger partial charge in [-0.3, -0.25) is 0 Å². The number of alkyl halides is 3. The fourth-order valence-corrected chi connectivity index (χ4v) is 3.08.